The van der Waals surface area contributed by atoms with Crippen LogP contribution in [0.1, 0.15) is 15.9 Å². The first-order valence-electron chi connectivity index (χ1n) is 8.01. The van der Waals surface area contributed by atoms with E-state index >= 15 is 0 Å². The highest BCUT2D eigenvalue weighted by molar-refractivity contribution is 6.01. The van der Waals surface area contributed by atoms with Crippen molar-refractivity contribution in [3.05, 3.63) is 71.8 Å². The van der Waals surface area contributed by atoms with Crippen LogP contribution in [0.2, 0.25) is 0 Å². The largest absolute Gasteiger partial charge is 0.546 e. The number of aromatic hydroxyl groups is 1. The molecule has 0 fully saturated rings. The first-order chi connectivity index (χ1) is 13.0. The molecular weight excluding hydrogens is 348 g/mol. The molecule has 0 bridgehead atoms. The second-order valence-corrected chi connectivity index (χ2v) is 5.61. The average Bonchev–Trinajstić information content (AvgIpc) is 2.66. The number of carboxylic acids is 1. The van der Waals surface area contributed by atoms with E-state index in [9.17, 15) is 19.8 Å². The molecule has 0 saturated heterocycles. The smallest absolute Gasteiger partial charge is 0.275 e. The summed E-state index contributed by atoms with van der Waals surface area (Å²) in [6.45, 7) is -0.595. The molecule has 0 saturated carbocycles. The zero-order valence-corrected chi connectivity index (χ0v) is 14.1. The number of rotatable bonds is 6. The zero-order chi connectivity index (χ0) is 19.2. The molecule has 0 radical (unpaired) electrons. The Hall–Kier alpha value is -3.87. The molecule has 3 rings (SSSR count). The minimum atomic E-state index is -1.35. The normalized spacial score (nSPS) is 10.8. The number of amides is 1. The summed E-state index contributed by atoms with van der Waals surface area (Å²) in [5.74, 6) is -1.79. The standard InChI is InChI=1S/C20H16N2O5/c23-17-10-14-6-2-1-5-13(14)9-16(17)20(26)22-21-11-15-7-3-4-8-18(15)27-12-19(24)25/h1-11,23H,12H2,(H,22,26)(H,24,25)/p-1/b21-11+. The van der Waals surface area contributed by atoms with E-state index in [1.165, 1.54) is 12.3 Å². The van der Waals surface area contributed by atoms with Gasteiger partial charge in [0.1, 0.15) is 18.1 Å². The molecule has 27 heavy (non-hydrogen) atoms. The van der Waals surface area contributed by atoms with Crippen molar-refractivity contribution >= 4 is 28.9 Å². The van der Waals surface area contributed by atoms with Gasteiger partial charge in [-0.3, -0.25) is 4.79 Å². The van der Waals surface area contributed by atoms with Gasteiger partial charge < -0.3 is 19.7 Å². The van der Waals surface area contributed by atoms with Crippen LogP contribution in [-0.2, 0) is 4.79 Å². The highest BCUT2D eigenvalue weighted by atomic mass is 16.5. The maximum atomic E-state index is 12.3. The third-order valence-electron chi connectivity index (χ3n) is 3.74. The molecule has 7 nitrogen and oxygen atoms in total. The second kappa shape index (κ2) is 8.01. The van der Waals surface area contributed by atoms with Gasteiger partial charge in [-0.15, -0.1) is 0 Å². The number of nitrogens with zero attached hydrogens (tertiary/aromatic N) is 1. The zero-order valence-electron chi connectivity index (χ0n) is 14.1. The van der Waals surface area contributed by atoms with Gasteiger partial charge in [-0.1, -0.05) is 36.4 Å². The lowest BCUT2D eigenvalue weighted by molar-refractivity contribution is -0.307. The third kappa shape index (κ3) is 4.40. The summed E-state index contributed by atoms with van der Waals surface area (Å²) in [7, 11) is 0. The molecule has 2 N–H and O–H groups in total. The Morgan fingerprint density at radius 1 is 1.07 bits per heavy atom. The first kappa shape index (κ1) is 17.9. The van der Waals surface area contributed by atoms with E-state index in [4.69, 9.17) is 4.74 Å². The van der Waals surface area contributed by atoms with E-state index in [1.807, 2.05) is 24.3 Å². The number of phenols is 1. The van der Waals surface area contributed by atoms with Crippen molar-refractivity contribution in [1.29, 1.82) is 0 Å². The lowest BCUT2D eigenvalue weighted by atomic mass is 10.1. The lowest BCUT2D eigenvalue weighted by Gasteiger charge is -2.09. The van der Waals surface area contributed by atoms with Crippen molar-refractivity contribution in [2.45, 2.75) is 0 Å². The van der Waals surface area contributed by atoms with Gasteiger partial charge in [0.15, 0.2) is 0 Å². The fraction of sp³-hybridized carbons (Fsp3) is 0.0500. The van der Waals surface area contributed by atoms with Crippen molar-refractivity contribution < 1.29 is 24.5 Å². The molecule has 0 unspecified atom stereocenters. The molecule has 0 aliphatic heterocycles. The molecular formula is C20H15N2O5-. The van der Waals surface area contributed by atoms with Gasteiger partial charge >= 0.3 is 0 Å². The predicted molar refractivity (Wildman–Crippen MR) is 97.6 cm³/mol. The topological polar surface area (TPSA) is 111 Å². The van der Waals surface area contributed by atoms with Crippen molar-refractivity contribution in [2.24, 2.45) is 5.10 Å². The summed E-state index contributed by atoms with van der Waals surface area (Å²) in [6.07, 6.45) is 1.32. The molecule has 0 aliphatic carbocycles. The Bertz CT molecular complexity index is 1030. The summed E-state index contributed by atoms with van der Waals surface area (Å²) < 4.78 is 5.10. The number of phenolic OH excluding ortho intramolecular Hbond substituents is 1. The Labute approximate surface area is 154 Å². The van der Waals surface area contributed by atoms with E-state index in [-0.39, 0.29) is 17.1 Å². The summed E-state index contributed by atoms with van der Waals surface area (Å²) in [6, 6.07) is 17.0. The van der Waals surface area contributed by atoms with Gasteiger partial charge in [-0.2, -0.15) is 5.10 Å². The minimum absolute atomic E-state index is 0.0901. The van der Waals surface area contributed by atoms with Crippen LogP contribution < -0.4 is 15.3 Å². The number of aliphatic carboxylic acids is 1. The molecule has 7 heteroatoms. The summed E-state index contributed by atoms with van der Waals surface area (Å²) in [5, 5.41) is 26.1. The van der Waals surface area contributed by atoms with Crippen molar-refractivity contribution in [1.82, 2.24) is 5.43 Å². The van der Waals surface area contributed by atoms with Gasteiger partial charge in [-0.05, 0) is 35.0 Å². The van der Waals surface area contributed by atoms with E-state index in [2.05, 4.69) is 10.5 Å². The average molecular weight is 363 g/mol. The summed E-state index contributed by atoms with van der Waals surface area (Å²) in [5.41, 5.74) is 2.90. The number of carboxylic acid groups (broad SMARTS) is 1. The van der Waals surface area contributed by atoms with Crippen LogP contribution in [0.3, 0.4) is 0 Å². The van der Waals surface area contributed by atoms with Crippen molar-refractivity contribution in [3.63, 3.8) is 0 Å². The number of carbonyl (C=O) groups is 2. The molecule has 136 valence electrons. The van der Waals surface area contributed by atoms with Gasteiger partial charge in [0.05, 0.1) is 17.7 Å². The van der Waals surface area contributed by atoms with Crippen LogP contribution in [0.5, 0.6) is 11.5 Å². The molecule has 0 aliphatic rings. The van der Waals surface area contributed by atoms with E-state index < -0.39 is 18.5 Å². The van der Waals surface area contributed by atoms with Crippen LogP contribution >= 0.6 is 0 Å². The van der Waals surface area contributed by atoms with Crippen LogP contribution in [-0.4, -0.2) is 29.8 Å². The van der Waals surface area contributed by atoms with E-state index in [0.717, 1.165) is 10.8 Å². The number of hydrogen-bond donors (Lipinski definition) is 2. The van der Waals surface area contributed by atoms with Gasteiger partial charge in [0.25, 0.3) is 5.91 Å². The van der Waals surface area contributed by atoms with Crippen LogP contribution in [0, 0.1) is 0 Å². The molecule has 0 heterocycles. The maximum absolute atomic E-state index is 12.3. The van der Waals surface area contributed by atoms with Crippen LogP contribution in [0.25, 0.3) is 10.8 Å². The lowest BCUT2D eigenvalue weighted by Crippen LogP contribution is -2.29. The van der Waals surface area contributed by atoms with Gasteiger partial charge in [-0.25, -0.2) is 5.43 Å². The fourth-order valence-corrected chi connectivity index (χ4v) is 2.49. The quantitative estimate of drug-likeness (QED) is 0.508. The third-order valence-corrected chi connectivity index (χ3v) is 3.74. The molecule has 3 aromatic carbocycles. The number of hydrogen-bond acceptors (Lipinski definition) is 6. The highest BCUT2D eigenvalue weighted by Crippen LogP contribution is 2.24. The number of para-hydroxylation sites is 1. The van der Waals surface area contributed by atoms with Crippen molar-refractivity contribution in [2.75, 3.05) is 6.61 Å². The number of ether oxygens (including phenoxy) is 1. The Balaban J connectivity index is 1.74. The summed E-state index contributed by atoms with van der Waals surface area (Å²) in [4.78, 5) is 22.8. The van der Waals surface area contributed by atoms with Gasteiger partial charge in [0.2, 0.25) is 0 Å². The van der Waals surface area contributed by atoms with Gasteiger partial charge in [0, 0.05) is 5.56 Å². The molecule has 3 aromatic rings. The first-order valence-corrected chi connectivity index (χ1v) is 8.01. The molecule has 0 spiro atoms. The van der Waals surface area contributed by atoms with E-state index in [0.29, 0.717) is 5.56 Å². The summed E-state index contributed by atoms with van der Waals surface area (Å²) >= 11 is 0. The second-order valence-electron chi connectivity index (χ2n) is 5.61. The Kier molecular flexibility index (Phi) is 5.32. The number of hydrazone groups is 1. The highest BCUT2D eigenvalue weighted by Gasteiger charge is 2.11. The Morgan fingerprint density at radius 2 is 1.74 bits per heavy atom. The molecule has 1 amide bonds. The van der Waals surface area contributed by atoms with E-state index in [1.54, 1.807) is 30.3 Å². The molecule has 0 aromatic heterocycles. The monoisotopic (exact) mass is 363 g/mol. The van der Waals surface area contributed by atoms with Crippen molar-refractivity contribution in [3.8, 4) is 11.5 Å². The number of carbonyl (C=O) groups excluding carboxylic acids is 2. The van der Waals surface area contributed by atoms with Crippen LogP contribution in [0.4, 0.5) is 0 Å². The number of nitrogens with one attached hydrogen (secondary N) is 1. The maximum Gasteiger partial charge on any atom is 0.275 e. The molecule has 0 atom stereocenters. The Morgan fingerprint density at radius 3 is 2.48 bits per heavy atom. The number of benzene rings is 3. The fourth-order valence-electron chi connectivity index (χ4n) is 2.49. The SMILES string of the molecule is O=C([O-])COc1ccccc1/C=N/NC(=O)c1cc2ccccc2cc1O. The number of fused-ring (bicyclic) bond motifs is 1. The predicted octanol–water partition coefficient (Wildman–Crippen LogP) is 1.44. The minimum Gasteiger partial charge on any atom is -0.546 e. The van der Waals surface area contributed by atoms with Crippen LogP contribution in [0.15, 0.2) is 65.8 Å².